The standard InChI is InChI=1S/C14H18BrF3N2O/c1-10(21)12-8-11(15)2-3-13(12)20-6-4-19(5-7-20)9-14(16,17)18/h2-3,8,10,21H,4-7,9H2,1H3. The Labute approximate surface area is 130 Å². The Morgan fingerprint density at radius 3 is 2.38 bits per heavy atom. The van der Waals surface area contributed by atoms with E-state index in [0.29, 0.717) is 26.2 Å². The van der Waals surface area contributed by atoms with Crippen LogP contribution in [0.15, 0.2) is 22.7 Å². The second-order valence-electron chi connectivity index (χ2n) is 5.26. The van der Waals surface area contributed by atoms with Crippen LogP contribution in [0, 0.1) is 0 Å². The summed E-state index contributed by atoms with van der Waals surface area (Å²) in [4.78, 5) is 3.44. The highest BCUT2D eigenvalue weighted by atomic mass is 79.9. The number of halogens is 4. The first kappa shape index (κ1) is 16.6. The monoisotopic (exact) mass is 366 g/mol. The molecule has 1 aliphatic heterocycles. The highest BCUT2D eigenvalue weighted by Gasteiger charge is 2.32. The van der Waals surface area contributed by atoms with E-state index in [-0.39, 0.29) is 0 Å². The largest absolute Gasteiger partial charge is 0.401 e. The second kappa shape index (κ2) is 6.54. The number of aliphatic hydroxyl groups is 1. The van der Waals surface area contributed by atoms with E-state index in [1.54, 1.807) is 6.92 Å². The van der Waals surface area contributed by atoms with Gasteiger partial charge in [-0.1, -0.05) is 15.9 Å². The predicted octanol–water partition coefficient (Wildman–Crippen LogP) is 3.19. The van der Waals surface area contributed by atoms with E-state index in [1.807, 2.05) is 23.1 Å². The fourth-order valence-corrected chi connectivity index (χ4v) is 2.93. The lowest BCUT2D eigenvalue weighted by Crippen LogP contribution is -2.49. The SMILES string of the molecule is CC(O)c1cc(Br)ccc1N1CCN(CC(F)(F)F)CC1. The molecule has 1 atom stereocenters. The molecule has 0 amide bonds. The lowest BCUT2D eigenvalue weighted by atomic mass is 10.1. The highest BCUT2D eigenvalue weighted by Crippen LogP contribution is 2.30. The number of alkyl halides is 3. The van der Waals surface area contributed by atoms with Crippen molar-refractivity contribution in [2.24, 2.45) is 0 Å². The maximum Gasteiger partial charge on any atom is 0.401 e. The summed E-state index contributed by atoms with van der Waals surface area (Å²) < 4.78 is 38.0. The topological polar surface area (TPSA) is 26.7 Å². The number of rotatable bonds is 3. The van der Waals surface area contributed by atoms with Crippen LogP contribution in [0.25, 0.3) is 0 Å². The number of benzene rings is 1. The number of anilines is 1. The van der Waals surface area contributed by atoms with Crippen LogP contribution in [-0.4, -0.2) is 48.9 Å². The molecule has 2 rings (SSSR count). The number of hydrogen-bond acceptors (Lipinski definition) is 3. The Balaban J connectivity index is 2.06. The summed E-state index contributed by atoms with van der Waals surface area (Å²) in [5.41, 5.74) is 1.67. The maximum absolute atomic E-state index is 12.4. The minimum atomic E-state index is -4.15. The molecule has 0 saturated carbocycles. The number of nitrogens with zero attached hydrogens (tertiary/aromatic N) is 2. The molecule has 1 fully saturated rings. The van der Waals surface area contributed by atoms with Crippen molar-refractivity contribution < 1.29 is 18.3 Å². The molecule has 0 radical (unpaired) electrons. The quantitative estimate of drug-likeness (QED) is 0.889. The summed E-state index contributed by atoms with van der Waals surface area (Å²) in [6.07, 6.45) is -4.77. The lowest BCUT2D eigenvalue weighted by Gasteiger charge is -2.37. The molecule has 118 valence electrons. The Morgan fingerprint density at radius 2 is 1.86 bits per heavy atom. The van der Waals surface area contributed by atoms with E-state index in [9.17, 15) is 18.3 Å². The number of aliphatic hydroxyl groups excluding tert-OH is 1. The minimum absolute atomic E-state index is 0.370. The summed E-state index contributed by atoms with van der Waals surface area (Å²) in [7, 11) is 0. The molecule has 3 nitrogen and oxygen atoms in total. The van der Waals surface area contributed by atoms with E-state index in [4.69, 9.17) is 0 Å². The molecule has 1 unspecified atom stereocenters. The van der Waals surface area contributed by atoms with Crippen LogP contribution in [0.3, 0.4) is 0 Å². The van der Waals surface area contributed by atoms with E-state index >= 15 is 0 Å². The zero-order chi connectivity index (χ0) is 15.6. The van der Waals surface area contributed by atoms with Crippen molar-refractivity contribution in [2.45, 2.75) is 19.2 Å². The van der Waals surface area contributed by atoms with Gasteiger partial charge in [0.2, 0.25) is 0 Å². The molecule has 7 heteroatoms. The zero-order valence-corrected chi connectivity index (χ0v) is 13.3. The van der Waals surface area contributed by atoms with Crippen LogP contribution in [0.5, 0.6) is 0 Å². The van der Waals surface area contributed by atoms with Gasteiger partial charge in [0.25, 0.3) is 0 Å². The molecule has 1 saturated heterocycles. The van der Waals surface area contributed by atoms with E-state index in [2.05, 4.69) is 15.9 Å². The van der Waals surface area contributed by atoms with Gasteiger partial charge in [0.05, 0.1) is 12.6 Å². The van der Waals surface area contributed by atoms with Crippen molar-refractivity contribution in [1.82, 2.24) is 4.90 Å². The molecule has 1 aliphatic rings. The van der Waals surface area contributed by atoms with E-state index in [1.165, 1.54) is 4.90 Å². The lowest BCUT2D eigenvalue weighted by molar-refractivity contribution is -0.146. The normalized spacial score (nSPS) is 18.9. The van der Waals surface area contributed by atoms with Gasteiger partial charge in [0, 0.05) is 41.9 Å². The summed E-state index contributed by atoms with van der Waals surface area (Å²) in [5.74, 6) is 0. The molecule has 1 aromatic rings. The fraction of sp³-hybridized carbons (Fsp3) is 0.571. The molecule has 1 N–H and O–H groups in total. The van der Waals surface area contributed by atoms with Crippen LogP contribution in [-0.2, 0) is 0 Å². The third-order valence-electron chi connectivity index (χ3n) is 3.56. The summed E-state index contributed by atoms with van der Waals surface area (Å²) >= 11 is 3.37. The second-order valence-corrected chi connectivity index (χ2v) is 6.17. The number of hydrogen-bond donors (Lipinski definition) is 1. The molecular formula is C14H18BrF3N2O. The van der Waals surface area contributed by atoms with Gasteiger partial charge in [-0.3, -0.25) is 4.90 Å². The van der Waals surface area contributed by atoms with Crippen LogP contribution >= 0.6 is 15.9 Å². The zero-order valence-electron chi connectivity index (χ0n) is 11.7. The smallest absolute Gasteiger partial charge is 0.389 e. The van der Waals surface area contributed by atoms with Crippen LogP contribution in [0.1, 0.15) is 18.6 Å². The average molecular weight is 367 g/mol. The predicted molar refractivity (Wildman–Crippen MR) is 79.5 cm³/mol. The first-order chi connectivity index (χ1) is 9.76. The van der Waals surface area contributed by atoms with Crippen molar-refractivity contribution in [2.75, 3.05) is 37.6 Å². The molecular weight excluding hydrogens is 349 g/mol. The van der Waals surface area contributed by atoms with Gasteiger partial charge in [-0.25, -0.2) is 0 Å². The van der Waals surface area contributed by atoms with Gasteiger partial charge >= 0.3 is 6.18 Å². The Bertz CT molecular complexity index is 486. The third-order valence-corrected chi connectivity index (χ3v) is 4.05. The minimum Gasteiger partial charge on any atom is -0.389 e. The van der Waals surface area contributed by atoms with Gasteiger partial charge in [-0.2, -0.15) is 13.2 Å². The third kappa shape index (κ3) is 4.59. The Hall–Kier alpha value is -0.790. The van der Waals surface area contributed by atoms with Gasteiger partial charge in [0.1, 0.15) is 0 Å². The molecule has 0 spiro atoms. The molecule has 0 bridgehead atoms. The van der Waals surface area contributed by atoms with Crippen molar-refractivity contribution in [3.05, 3.63) is 28.2 Å². The summed E-state index contributed by atoms with van der Waals surface area (Å²) in [6, 6.07) is 5.62. The van der Waals surface area contributed by atoms with Gasteiger partial charge in [0.15, 0.2) is 0 Å². The fourth-order valence-electron chi connectivity index (χ4n) is 2.55. The van der Waals surface area contributed by atoms with E-state index in [0.717, 1.165) is 15.7 Å². The molecule has 0 aromatic heterocycles. The van der Waals surface area contributed by atoms with Crippen molar-refractivity contribution in [1.29, 1.82) is 0 Å². The molecule has 1 heterocycles. The van der Waals surface area contributed by atoms with Crippen LogP contribution < -0.4 is 4.90 Å². The van der Waals surface area contributed by atoms with Crippen LogP contribution in [0.2, 0.25) is 0 Å². The average Bonchev–Trinajstić information content (AvgIpc) is 2.38. The highest BCUT2D eigenvalue weighted by molar-refractivity contribution is 9.10. The van der Waals surface area contributed by atoms with Crippen molar-refractivity contribution in [3.8, 4) is 0 Å². The Morgan fingerprint density at radius 1 is 1.24 bits per heavy atom. The first-order valence-electron chi connectivity index (χ1n) is 6.78. The maximum atomic E-state index is 12.4. The summed E-state index contributed by atoms with van der Waals surface area (Å²) in [6.45, 7) is 2.62. The van der Waals surface area contributed by atoms with Crippen molar-refractivity contribution in [3.63, 3.8) is 0 Å². The van der Waals surface area contributed by atoms with E-state index < -0.39 is 18.8 Å². The van der Waals surface area contributed by atoms with Gasteiger partial charge < -0.3 is 10.0 Å². The summed E-state index contributed by atoms with van der Waals surface area (Å²) in [5, 5.41) is 9.86. The van der Waals surface area contributed by atoms with Gasteiger partial charge in [-0.05, 0) is 25.1 Å². The first-order valence-corrected chi connectivity index (χ1v) is 7.57. The molecule has 0 aliphatic carbocycles. The number of piperazine rings is 1. The van der Waals surface area contributed by atoms with Gasteiger partial charge in [-0.15, -0.1) is 0 Å². The van der Waals surface area contributed by atoms with Crippen LogP contribution in [0.4, 0.5) is 18.9 Å². The molecule has 1 aromatic carbocycles. The Kier molecular flexibility index (Phi) is 5.16. The molecule has 21 heavy (non-hydrogen) atoms. The van der Waals surface area contributed by atoms with Crippen molar-refractivity contribution >= 4 is 21.6 Å².